The van der Waals surface area contributed by atoms with E-state index in [1.165, 1.54) is 0 Å². The molecule has 2 aromatic rings. The highest BCUT2D eigenvalue weighted by Gasteiger charge is 2.03. The van der Waals surface area contributed by atoms with Crippen LogP contribution in [0.1, 0.15) is 23.4 Å². The zero-order chi connectivity index (χ0) is 14.4. The van der Waals surface area contributed by atoms with E-state index < -0.39 is 0 Å². The van der Waals surface area contributed by atoms with E-state index in [1.807, 2.05) is 48.9 Å². The molecule has 0 bridgehead atoms. The molecule has 0 spiro atoms. The Morgan fingerprint density at radius 2 is 2.20 bits per heavy atom. The van der Waals surface area contributed by atoms with E-state index >= 15 is 0 Å². The Labute approximate surface area is 118 Å². The molecule has 5 nitrogen and oxygen atoms in total. The van der Waals surface area contributed by atoms with Gasteiger partial charge in [0.25, 0.3) is 0 Å². The zero-order valence-electron chi connectivity index (χ0n) is 11.7. The molecule has 1 heterocycles. The molecule has 0 atom stereocenters. The van der Waals surface area contributed by atoms with Gasteiger partial charge in [-0.25, -0.2) is 4.68 Å². The third-order valence-electron chi connectivity index (χ3n) is 2.89. The molecular formula is C15H17N5. The van der Waals surface area contributed by atoms with E-state index in [2.05, 4.69) is 27.3 Å². The summed E-state index contributed by atoms with van der Waals surface area (Å²) < 4.78 is 1.94. The minimum Gasteiger partial charge on any atom is -0.238 e. The van der Waals surface area contributed by atoms with Gasteiger partial charge in [-0.2, -0.15) is 5.10 Å². The predicted molar refractivity (Wildman–Crippen MR) is 80.7 cm³/mol. The van der Waals surface area contributed by atoms with Gasteiger partial charge in [-0.05, 0) is 49.6 Å². The van der Waals surface area contributed by atoms with Gasteiger partial charge in [0.15, 0.2) is 0 Å². The first-order chi connectivity index (χ1) is 9.70. The second kappa shape index (κ2) is 6.59. The molecule has 5 heteroatoms. The lowest BCUT2D eigenvalue weighted by Crippen LogP contribution is -1.98. The maximum atomic E-state index is 8.20. The molecule has 0 saturated carbocycles. The molecule has 0 saturated heterocycles. The maximum absolute atomic E-state index is 8.20. The van der Waals surface area contributed by atoms with Crippen molar-refractivity contribution in [2.45, 2.75) is 20.3 Å². The maximum Gasteiger partial charge on any atom is 0.0654 e. The van der Waals surface area contributed by atoms with Crippen LogP contribution in [-0.4, -0.2) is 16.3 Å². The summed E-state index contributed by atoms with van der Waals surface area (Å²) in [6, 6.07) is 10.2. The van der Waals surface area contributed by atoms with Crippen LogP contribution in [0.25, 0.3) is 22.2 Å². The van der Waals surface area contributed by atoms with Crippen LogP contribution in [0.2, 0.25) is 0 Å². The summed E-state index contributed by atoms with van der Waals surface area (Å²) in [6.45, 7) is 4.52. The molecule has 0 N–H and O–H groups in total. The van der Waals surface area contributed by atoms with Crippen LogP contribution >= 0.6 is 0 Å². The number of aryl methyl sites for hydroxylation is 2. The number of azide groups is 1. The van der Waals surface area contributed by atoms with Crippen molar-refractivity contribution in [2.24, 2.45) is 5.11 Å². The van der Waals surface area contributed by atoms with Crippen molar-refractivity contribution < 1.29 is 0 Å². The molecule has 20 heavy (non-hydrogen) atoms. The second-order valence-corrected chi connectivity index (χ2v) is 4.58. The summed E-state index contributed by atoms with van der Waals surface area (Å²) in [5.41, 5.74) is 12.5. The van der Waals surface area contributed by atoms with Crippen molar-refractivity contribution in [3.63, 3.8) is 0 Å². The fourth-order valence-electron chi connectivity index (χ4n) is 2.05. The van der Waals surface area contributed by atoms with Gasteiger partial charge in [-0.1, -0.05) is 29.4 Å². The van der Waals surface area contributed by atoms with Gasteiger partial charge in [0, 0.05) is 17.2 Å². The van der Waals surface area contributed by atoms with Crippen molar-refractivity contribution in [1.29, 1.82) is 0 Å². The molecule has 0 unspecified atom stereocenters. The SMILES string of the molecule is Cc1cc(C)n(-c2cccc(C=CCCN=[N+]=[N-])c2)n1. The van der Waals surface area contributed by atoms with E-state index in [4.69, 9.17) is 5.53 Å². The number of hydrogen-bond acceptors (Lipinski definition) is 2. The molecule has 0 radical (unpaired) electrons. The van der Waals surface area contributed by atoms with Crippen molar-refractivity contribution in [3.05, 3.63) is 63.8 Å². The van der Waals surface area contributed by atoms with Crippen LogP contribution < -0.4 is 0 Å². The summed E-state index contributed by atoms with van der Waals surface area (Å²) in [4.78, 5) is 2.73. The standard InChI is InChI=1S/C15H17N5/c1-12-10-13(2)20(18-12)15-8-5-7-14(11-15)6-3-4-9-17-19-16/h3,5-8,10-11H,4,9H2,1-2H3. The van der Waals surface area contributed by atoms with Gasteiger partial charge < -0.3 is 0 Å². The van der Waals surface area contributed by atoms with Gasteiger partial charge in [0.2, 0.25) is 0 Å². The Morgan fingerprint density at radius 3 is 2.90 bits per heavy atom. The van der Waals surface area contributed by atoms with Crippen LogP contribution in [0.4, 0.5) is 0 Å². The lowest BCUT2D eigenvalue weighted by molar-refractivity contribution is 0.833. The normalized spacial score (nSPS) is 10.7. The molecule has 102 valence electrons. The van der Waals surface area contributed by atoms with E-state index in [9.17, 15) is 0 Å². The van der Waals surface area contributed by atoms with Gasteiger partial charge in [-0.15, -0.1) is 0 Å². The Kier molecular flexibility index (Phi) is 4.58. The van der Waals surface area contributed by atoms with E-state index in [0.29, 0.717) is 6.54 Å². The fourth-order valence-corrected chi connectivity index (χ4v) is 2.05. The van der Waals surface area contributed by atoms with E-state index in [-0.39, 0.29) is 0 Å². The topological polar surface area (TPSA) is 66.6 Å². The zero-order valence-corrected chi connectivity index (χ0v) is 11.7. The number of aromatic nitrogens is 2. The average Bonchev–Trinajstić information content (AvgIpc) is 2.78. The van der Waals surface area contributed by atoms with Crippen LogP contribution in [0.5, 0.6) is 0 Å². The van der Waals surface area contributed by atoms with Gasteiger partial charge in [0.05, 0.1) is 11.4 Å². The van der Waals surface area contributed by atoms with Gasteiger partial charge in [-0.3, -0.25) is 0 Å². The third-order valence-corrected chi connectivity index (χ3v) is 2.89. The second-order valence-electron chi connectivity index (χ2n) is 4.58. The van der Waals surface area contributed by atoms with Crippen LogP contribution in [0.15, 0.2) is 41.5 Å². The van der Waals surface area contributed by atoms with E-state index in [1.54, 1.807) is 0 Å². The number of benzene rings is 1. The lowest BCUT2D eigenvalue weighted by Gasteiger charge is -2.05. The van der Waals surface area contributed by atoms with Gasteiger partial charge >= 0.3 is 0 Å². The number of hydrogen-bond donors (Lipinski definition) is 0. The summed E-state index contributed by atoms with van der Waals surface area (Å²) in [5, 5.41) is 7.98. The van der Waals surface area contributed by atoms with Crippen molar-refractivity contribution in [3.8, 4) is 5.69 Å². The predicted octanol–water partition coefficient (Wildman–Crippen LogP) is 4.20. The summed E-state index contributed by atoms with van der Waals surface area (Å²) in [5.74, 6) is 0. The molecule has 0 aliphatic heterocycles. The highest BCUT2D eigenvalue weighted by Crippen LogP contribution is 2.14. The third kappa shape index (κ3) is 3.49. The van der Waals surface area contributed by atoms with Crippen molar-refractivity contribution in [2.75, 3.05) is 6.54 Å². The molecule has 2 rings (SSSR count). The average molecular weight is 267 g/mol. The van der Waals surface area contributed by atoms with Crippen molar-refractivity contribution in [1.82, 2.24) is 9.78 Å². The molecular weight excluding hydrogens is 250 g/mol. The minimum atomic E-state index is 0.490. The smallest absolute Gasteiger partial charge is 0.0654 e. The largest absolute Gasteiger partial charge is 0.238 e. The molecule has 1 aromatic carbocycles. The first kappa shape index (κ1) is 13.9. The fraction of sp³-hybridized carbons (Fsp3) is 0.267. The molecule has 0 aliphatic carbocycles. The molecule has 0 fully saturated rings. The lowest BCUT2D eigenvalue weighted by atomic mass is 10.1. The Hall–Kier alpha value is -2.52. The summed E-state index contributed by atoms with van der Waals surface area (Å²) in [7, 11) is 0. The quantitative estimate of drug-likeness (QED) is 0.346. The first-order valence-electron chi connectivity index (χ1n) is 6.52. The highest BCUT2D eigenvalue weighted by atomic mass is 15.3. The van der Waals surface area contributed by atoms with E-state index in [0.717, 1.165) is 29.1 Å². The van der Waals surface area contributed by atoms with Crippen LogP contribution in [0, 0.1) is 13.8 Å². The van der Waals surface area contributed by atoms with Gasteiger partial charge in [0.1, 0.15) is 0 Å². The Morgan fingerprint density at radius 1 is 1.35 bits per heavy atom. The van der Waals surface area contributed by atoms with Crippen molar-refractivity contribution >= 4 is 6.08 Å². The Balaban J connectivity index is 2.16. The minimum absolute atomic E-state index is 0.490. The molecule has 0 aliphatic rings. The first-order valence-corrected chi connectivity index (χ1v) is 6.52. The summed E-state index contributed by atoms with van der Waals surface area (Å²) in [6.07, 6.45) is 4.78. The number of rotatable bonds is 5. The molecule has 1 aromatic heterocycles. The van der Waals surface area contributed by atoms with Crippen LogP contribution in [-0.2, 0) is 0 Å². The Bertz CT molecular complexity index is 663. The highest BCUT2D eigenvalue weighted by molar-refractivity contribution is 5.53. The number of nitrogens with zero attached hydrogens (tertiary/aromatic N) is 5. The molecule has 0 amide bonds. The monoisotopic (exact) mass is 267 g/mol. The van der Waals surface area contributed by atoms with Crippen LogP contribution in [0.3, 0.4) is 0 Å². The summed E-state index contributed by atoms with van der Waals surface area (Å²) >= 11 is 0.